The summed E-state index contributed by atoms with van der Waals surface area (Å²) in [7, 11) is -4.13. The number of nitrogens with one attached hydrogen (secondary N) is 2. The monoisotopic (exact) mass is 436 g/mol. The van der Waals surface area contributed by atoms with Crippen molar-refractivity contribution in [3.63, 3.8) is 0 Å². The van der Waals surface area contributed by atoms with E-state index in [2.05, 4.69) is 10.0 Å². The normalized spacial score (nSPS) is 11.2. The number of aryl methyl sites for hydroxylation is 1. The fourth-order valence-electron chi connectivity index (χ4n) is 2.54. The molecule has 3 rings (SSSR count). The topological polar surface area (TPSA) is 75.3 Å². The highest BCUT2D eigenvalue weighted by atomic mass is 35.5. The second-order valence-corrected chi connectivity index (χ2v) is 8.23. The summed E-state index contributed by atoms with van der Waals surface area (Å²) in [5.41, 5.74) is 1.08. The Hall–Kier alpha value is -2.97. The minimum atomic E-state index is -4.13. The second-order valence-electron chi connectivity index (χ2n) is 6.17. The van der Waals surface area contributed by atoms with E-state index in [1.165, 1.54) is 42.5 Å². The Bertz CT molecular complexity index is 1180. The van der Waals surface area contributed by atoms with Crippen LogP contribution in [0.25, 0.3) is 0 Å². The van der Waals surface area contributed by atoms with Crippen LogP contribution in [0.4, 0.5) is 20.2 Å². The van der Waals surface area contributed by atoms with Gasteiger partial charge in [-0.25, -0.2) is 17.2 Å². The van der Waals surface area contributed by atoms with Gasteiger partial charge in [-0.3, -0.25) is 9.52 Å². The van der Waals surface area contributed by atoms with Crippen LogP contribution in [0.1, 0.15) is 15.9 Å². The van der Waals surface area contributed by atoms with E-state index >= 15 is 0 Å². The summed E-state index contributed by atoms with van der Waals surface area (Å²) in [5, 5.41) is 2.51. The largest absolute Gasteiger partial charge is 0.322 e. The van der Waals surface area contributed by atoms with Crippen molar-refractivity contribution < 1.29 is 22.0 Å². The molecule has 29 heavy (non-hydrogen) atoms. The Kier molecular flexibility index (Phi) is 5.86. The molecule has 9 heteroatoms. The maximum absolute atomic E-state index is 13.2. The second kappa shape index (κ2) is 8.18. The lowest BCUT2D eigenvalue weighted by Gasteiger charge is -2.12. The molecule has 0 saturated carbocycles. The zero-order valence-corrected chi connectivity index (χ0v) is 16.6. The van der Waals surface area contributed by atoms with E-state index in [-0.39, 0.29) is 21.2 Å². The number of hydrogen-bond acceptors (Lipinski definition) is 3. The van der Waals surface area contributed by atoms with Crippen LogP contribution in [0, 0.1) is 18.6 Å². The highest BCUT2D eigenvalue weighted by Crippen LogP contribution is 2.26. The van der Waals surface area contributed by atoms with Gasteiger partial charge in [0, 0.05) is 16.9 Å². The Morgan fingerprint density at radius 1 is 0.931 bits per heavy atom. The Morgan fingerprint density at radius 3 is 2.24 bits per heavy atom. The van der Waals surface area contributed by atoms with Gasteiger partial charge in [0.05, 0.1) is 5.02 Å². The Morgan fingerprint density at radius 2 is 1.59 bits per heavy atom. The minimum absolute atomic E-state index is 0.0395. The van der Waals surface area contributed by atoms with Gasteiger partial charge >= 0.3 is 0 Å². The summed E-state index contributed by atoms with van der Waals surface area (Å²) < 4.78 is 53.9. The van der Waals surface area contributed by atoms with E-state index in [0.29, 0.717) is 11.3 Å². The standard InChI is InChI=1S/C20H15ClF2N2O3S/c1-12-10-15(23)5-9-18(12)24-20(26)13-2-8-17(21)19(11-13)29(27,28)25-16-6-3-14(22)4-7-16/h2-11,25H,1H3,(H,24,26). The van der Waals surface area contributed by atoms with Gasteiger partial charge < -0.3 is 5.32 Å². The summed E-state index contributed by atoms with van der Waals surface area (Å²) in [6, 6.07) is 12.4. The summed E-state index contributed by atoms with van der Waals surface area (Å²) in [5.74, 6) is -1.54. The number of amides is 1. The number of sulfonamides is 1. The third-order valence-corrected chi connectivity index (χ3v) is 5.88. The summed E-state index contributed by atoms with van der Waals surface area (Å²) >= 11 is 6.03. The minimum Gasteiger partial charge on any atom is -0.322 e. The average Bonchev–Trinajstić information content (AvgIpc) is 2.66. The van der Waals surface area contributed by atoms with E-state index in [1.54, 1.807) is 6.92 Å². The third kappa shape index (κ3) is 4.90. The number of hydrogen-bond donors (Lipinski definition) is 2. The van der Waals surface area contributed by atoms with Gasteiger partial charge in [-0.1, -0.05) is 11.6 Å². The molecule has 0 saturated heterocycles. The molecule has 150 valence electrons. The molecule has 0 heterocycles. The van der Waals surface area contributed by atoms with E-state index in [1.807, 2.05) is 0 Å². The molecule has 0 aliphatic rings. The van der Waals surface area contributed by atoms with Crippen molar-refractivity contribution in [3.05, 3.63) is 88.4 Å². The average molecular weight is 437 g/mol. The summed E-state index contributed by atoms with van der Waals surface area (Å²) in [6.07, 6.45) is 0. The molecule has 5 nitrogen and oxygen atoms in total. The Balaban J connectivity index is 1.88. The van der Waals surface area contributed by atoms with Crippen LogP contribution in [0.2, 0.25) is 5.02 Å². The first-order valence-electron chi connectivity index (χ1n) is 8.31. The molecule has 0 atom stereocenters. The quantitative estimate of drug-likeness (QED) is 0.592. The van der Waals surface area contributed by atoms with Crippen molar-refractivity contribution in [1.82, 2.24) is 0 Å². The molecule has 0 aliphatic heterocycles. The number of benzene rings is 3. The SMILES string of the molecule is Cc1cc(F)ccc1NC(=O)c1ccc(Cl)c(S(=O)(=O)Nc2ccc(F)cc2)c1. The van der Waals surface area contributed by atoms with E-state index in [9.17, 15) is 22.0 Å². The van der Waals surface area contributed by atoms with Crippen molar-refractivity contribution in [2.75, 3.05) is 10.0 Å². The molecule has 0 aliphatic carbocycles. The molecule has 0 fully saturated rings. The molecule has 2 N–H and O–H groups in total. The maximum atomic E-state index is 13.2. The molecule has 1 amide bonds. The third-order valence-electron chi connectivity index (χ3n) is 4.02. The van der Waals surface area contributed by atoms with Crippen molar-refractivity contribution in [2.24, 2.45) is 0 Å². The zero-order chi connectivity index (χ0) is 21.2. The lowest BCUT2D eigenvalue weighted by Crippen LogP contribution is -2.17. The molecule has 0 radical (unpaired) electrons. The van der Waals surface area contributed by atoms with E-state index < -0.39 is 27.6 Å². The Labute approximate surface area is 171 Å². The van der Waals surface area contributed by atoms with E-state index in [0.717, 1.165) is 18.2 Å². The number of carbonyl (C=O) groups is 1. The van der Waals surface area contributed by atoms with Gasteiger partial charge in [0.25, 0.3) is 15.9 Å². The summed E-state index contributed by atoms with van der Waals surface area (Å²) in [4.78, 5) is 12.2. The first kappa shape index (κ1) is 20.8. The molecule has 3 aromatic rings. The van der Waals surface area contributed by atoms with Gasteiger partial charge in [0.15, 0.2) is 0 Å². The number of halogens is 3. The molecule has 0 bridgehead atoms. The van der Waals surface area contributed by atoms with Crippen LogP contribution >= 0.6 is 11.6 Å². The fourth-order valence-corrected chi connectivity index (χ4v) is 4.13. The molecule has 3 aromatic carbocycles. The highest BCUT2D eigenvalue weighted by molar-refractivity contribution is 7.92. The van der Waals surface area contributed by atoms with Crippen LogP contribution in [-0.2, 0) is 10.0 Å². The van der Waals surface area contributed by atoms with Crippen LogP contribution < -0.4 is 10.0 Å². The van der Waals surface area contributed by atoms with E-state index in [4.69, 9.17) is 11.6 Å². The van der Waals surface area contributed by atoms with Gasteiger partial charge in [-0.05, 0) is 73.2 Å². The maximum Gasteiger partial charge on any atom is 0.263 e. The lowest BCUT2D eigenvalue weighted by atomic mass is 10.1. The number of anilines is 2. The molecular weight excluding hydrogens is 422 g/mol. The van der Waals surface area contributed by atoms with Crippen LogP contribution in [0.15, 0.2) is 65.6 Å². The van der Waals surface area contributed by atoms with Crippen molar-refractivity contribution in [1.29, 1.82) is 0 Å². The molecular formula is C20H15ClF2N2O3S. The van der Waals surface area contributed by atoms with Crippen LogP contribution in [0.5, 0.6) is 0 Å². The van der Waals surface area contributed by atoms with Gasteiger partial charge in [-0.2, -0.15) is 0 Å². The van der Waals surface area contributed by atoms with Crippen molar-refractivity contribution in [3.8, 4) is 0 Å². The fraction of sp³-hybridized carbons (Fsp3) is 0.0500. The first-order valence-corrected chi connectivity index (χ1v) is 10.2. The van der Waals surface area contributed by atoms with Crippen molar-refractivity contribution >= 4 is 38.9 Å². The van der Waals surface area contributed by atoms with Crippen molar-refractivity contribution in [2.45, 2.75) is 11.8 Å². The van der Waals surface area contributed by atoms with Crippen LogP contribution in [0.3, 0.4) is 0 Å². The predicted octanol–water partition coefficient (Wildman–Crippen LogP) is 4.98. The van der Waals surface area contributed by atoms with Gasteiger partial charge in [0.1, 0.15) is 16.5 Å². The predicted molar refractivity (Wildman–Crippen MR) is 108 cm³/mol. The number of carbonyl (C=O) groups excluding carboxylic acids is 1. The first-order chi connectivity index (χ1) is 13.7. The van der Waals surface area contributed by atoms with Crippen LogP contribution in [-0.4, -0.2) is 14.3 Å². The molecule has 0 spiro atoms. The summed E-state index contributed by atoms with van der Waals surface area (Å²) in [6.45, 7) is 1.63. The zero-order valence-electron chi connectivity index (χ0n) is 15.0. The van der Waals surface area contributed by atoms with Gasteiger partial charge in [0.2, 0.25) is 0 Å². The smallest absolute Gasteiger partial charge is 0.263 e. The highest BCUT2D eigenvalue weighted by Gasteiger charge is 2.21. The van der Waals surface area contributed by atoms with Gasteiger partial charge in [-0.15, -0.1) is 0 Å². The number of rotatable bonds is 5. The molecule has 0 unspecified atom stereocenters. The molecule has 0 aromatic heterocycles. The lowest BCUT2D eigenvalue weighted by molar-refractivity contribution is 0.102.